The lowest BCUT2D eigenvalue weighted by atomic mass is 10.2. The minimum absolute atomic E-state index is 0.296. The van der Waals surface area contributed by atoms with Gasteiger partial charge in [0.15, 0.2) is 5.82 Å². The second kappa shape index (κ2) is 9.23. The van der Waals surface area contributed by atoms with Crippen LogP contribution in [-0.4, -0.2) is 41.7 Å². The lowest BCUT2D eigenvalue weighted by Gasteiger charge is -2.05. The van der Waals surface area contributed by atoms with Crippen molar-refractivity contribution in [3.8, 4) is 17.1 Å². The fourth-order valence-electron chi connectivity index (χ4n) is 2.53. The van der Waals surface area contributed by atoms with Crippen LogP contribution in [0.4, 0.5) is 0 Å². The van der Waals surface area contributed by atoms with E-state index in [-0.39, 0.29) is 12.8 Å². The Bertz CT molecular complexity index is 1100. The first kappa shape index (κ1) is 19.7. The molecule has 0 unspecified atom stereocenters. The zero-order valence-corrected chi connectivity index (χ0v) is 15.3. The Morgan fingerprint density at radius 3 is 2.31 bits per heavy atom. The molecule has 0 aliphatic rings. The predicted octanol–water partition coefficient (Wildman–Crippen LogP) is 3.42. The molecule has 2 aromatic carbocycles. The van der Waals surface area contributed by atoms with E-state index in [1.54, 1.807) is 12.5 Å². The fraction of sp³-hybridized carbons (Fsp3) is 0.0952. The van der Waals surface area contributed by atoms with Crippen LogP contribution >= 0.6 is 0 Å². The Kier molecular flexibility index (Phi) is 6.26. The van der Waals surface area contributed by atoms with Gasteiger partial charge in [0, 0.05) is 35.2 Å². The second-order valence-corrected chi connectivity index (χ2v) is 6.06. The van der Waals surface area contributed by atoms with E-state index in [1.807, 2.05) is 59.4 Å². The third-order valence-corrected chi connectivity index (χ3v) is 3.95. The largest absolute Gasteiger partial charge is 0.481 e. The van der Waals surface area contributed by atoms with Gasteiger partial charge in [-0.1, -0.05) is 30.3 Å². The molecular formula is C21H18N4O4. The van der Waals surface area contributed by atoms with Crippen LogP contribution in [0.15, 0.2) is 73.4 Å². The van der Waals surface area contributed by atoms with Gasteiger partial charge in [0.05, 0.1) is 24.7 Å². The highest BCUT2D eigenvalue weighted by Gasteiger charge is 2.04. The topological polar surface area (TPSA) is 118 Å². The first-order chi connectivity index (χ1) is 14.0. The molecule has 4 aromatic rings. The van der Waals surface area contributed by atoms with Gasteiger partial charge >= 0.3 is 11.9 Å². The number of rotatable bonds is 5. The molecule has 2 heterocycles. The Morgan fingerprint density at radius 2 is 1.69 bits per heavy atom. The number of carboxylic acid groups (broad SMARTS) is 2. The molecule has 0 aliphatic heterocycles. The van der Waals surface area contributed by atoms with Crippen LogP contribution < -0.4 is 0 Å². The molecule has 0 saturated carbocycles. The van der Waals surface area contributed by atoms with Crippen LogP contribution in [-0.2, 0) is 9.59 Å². The van der Waals surface area contributed by atoms with Gasteiger partial charge in [-0.2, -0.15) is 0 Å². The van der Waals surface area contributed by atoms with Crippen LogP contribution in [0.3, 0.4) is 0 Å². The molecule has 0 fully saturated rings. The molecule has 2 aromatic heterocycles. The van der Waals surface area contributed by atoms with E-state index in [0.717, 1.165) is 28.0 Å². The molecule has 0 radical (unpaired) electrons. The summed E-state index contributed by atoms with van der Waals surface area (Å²) in [4.78, 5) is 32.4. The maximum atomic E-state index is 9.64. The standard InChI is InChI=1S/C17H12N4.C4H6O4/c1-2-4-13(5-3-1)17-19-11-14-10-15(6-7-16(14)20-17)21-9-8-18-12-21;5-3(6)1-2-4(7)8/h1-12H;1-2H2,(H,5,6)(H,7,8). The average molecular weight is 390 g/mol. The first-order valence-corrected chi connectivity index (χ1v) is 8.77. The van der Waals surface area contributed by atoms with Crippen molar-refractivity contribution in [2.24, 2.45) is 0 Å². The molecule has 0 atom stereocenters. The van der Waals surface area contributed by atoms with E-state index in [9.17, 15) is 9.59 Å². The Labute approximate surface area is 166 Å². The SMILES string of the molecule is O=C(O)CCC(=O)O.c1ccc(-c2ncc3cc(-n4ccnc4)ccc3n2)cc1. The van der Waals surface area contributed by atoms with Gasteiger partial charge in [-0.25, -0.2) is 15.0 Å². The molecule has 29 heavy (non-hydrogen) atoms. The number of fused-ring (bicyclic) bond motifs is 1. The summed E-state index contributed by atoms with van der Waals surface area (Å²) in [7, 11) is 0. The van der Waals surface area contributed by atoms with Crippen molar-refractivity contribution in [3.63, 3.8) is 0 Å². The maximum absolute atomic E-state index is 9.64. The molecule has 0 amide bonds. The molecule has 8 heteroatoms. The molecule has 8 nitrogen and oxygen atoms in total. The van der Waals surface area contributed by atoms with Crippen molar-refractivity contribution in [1.29, 1.82) is 0 Å². The Hall–Kier alpha value is -4.07. The number of hydrogen-bond acceptors (Lipinski definition) is 5. The molecule has 2 N–H and O–H groups in total. The third-order valence-electron chi connectivity index (χ3n) is 3.95. The van der Waals surface area contributed by atoms with E-state index in [2.05, 4.69) is 21.0 Å². The molecule has 0 aliphatic carbocycles. The minimum atomic E-state index is -1.08. The number of aliphatic carboxylic acids is 2. The van der Waals surface area contributed by atoms with Crippen molar-refractivity contribution in [2.75, 3.05) is 0 Å². The smallest absolute Gasteiger partial charge is 0.303 e. The second-order valence-electron chi connectivity index (χ2n) is 6.06. The molecule has 0 bridgehead atoms. The van der Waals surface area contributed by atoms with E-state index >= 15 is 0 Å². The van der Waals surface area contributed by atoms with Crippen LogP contribution in [0.25, 0.3) is 28.0 Å². The van der Waals surface area contributed by atoms with Gasteiger partial charge in [0.2, 0.25) is 0 Å². The number of carbonyl (C=O) groups is 2. The highest BCUT2D eigenvalue weighted by molar-refractivity contribution is 5.81. The van der Waals surface area contributed by atoms with Gasteiger partial charge in [-0.15, -0.1) is 0 Å². The van der Waals surface area contributed by atoms with Crippen LogP contribution in [0.5, 0.6) is 0 Å². The van der Waals surface area contributed by atoms with Crippen LogP contribution in [0.2, 0.25) is 0 Å². The molecule has 4 rings (SSSR count). The summed E-state index contributed by atoms with van der Waals surface area (Å²) in [5.74, 6) is -1.40. The monoisotopic (exact) mass is 390 g/mol. The van der Waals surface area contributed by atoms with E-state index in [1.165, 1.54) is 0 Å². The van der Waals surface area contributed by atoms with E-state index in [4.69, 9.17) is 10.2 Å². The van der Waals surface area contributed by atoms with Gasteiger partial charge in [0.1, 0.15) is 0 Å². The molecular weight excluding hydrogens is 372 g/mol. The summed E-state index contributed by atoms with van der Waals surface area (Å²) in [6.45, 7) is 0. The van der Waals surface area contributed by atoms with E-state index < -0.39 is 11.9 Å². The van der Waals surface area contributed by atoms with Gasteiger partial charge in [-0.3, -0.25) is 9.59 Å². The average Bonchev–Trinajstić information content (AvgIpc) is 3.27. The summed E-state index contributed by atoms with van der Waals surface area (Å²) < 4.78 is 1.96. The third kappa shape index (κ3) is 5.46. The van der Waals surface area contributed by atoms with Gasteiger partial charge < -0.3 is 14.8 Å². The Balaban J connectivity index is 0.000000258. The predicted molar refractivity (Wildman–Crippen MR) is 107 cm³/mol. The summed E-state index contributed by atoms with van der Waals surface area (Å²) >= 11 is 0. The normalized spacial score (nSPS) is 10.2. The van der Waals surface area contributed by atoms with Crippen molar-refractivity contribution >= 4 is 22.8 Å². The van der Waals surface area contributed by atoms with Crippen LogP contribution in [0, 0.1) is 0 Å². The highest BCUT2D eigenvalue weighted by Crippen LogP contribution is 2.20. The lowest BCUT2D eigenvalue weighted by Crippen LogP contribution is -2.00. The summed E-state index contributed by atoms with van der Waals surface area (Å²) in [6.07, 6.45) is 6.73. The number of imidazole rings is 1. The van der Waals surface area contributed by atoms with E-state index in [0.29, 0.717) is 0 Å². The number of carboxylic acids is 2. The summed E-state index contributed by atoms with van der Waals surface area (Å²) in [5.41, 5.74) is 3.02. The number of benzene rings is 2. The van der Waals surface area contributed by atoms with Crippen molar-refractivity contribution in [1.82, 2.24) is 19.5 Å². The summed E-state index contributed by atoms with van der Waals surface area (Å²) in [5, 5.41) is 16.8. The number of hydrogen-bond donors (Lipinski definition) is 2. The van der Waals surface area contributed by atoms with Crippen molar-refractivity contribution in [3.05, 3.63) is 73.4 Å². The molecule has 0 saturated heterocycles. The molecule has 146 valence electrons. The van der Waals surface area contributed by atoms with Gasteiger partial charge in [-0.05, 0) is 18.2 Å². The highest BCUT2D eigenvalue weighted by atomic mass is 16.4. The van der Waals surface area contributed by atoms with Gasteiger partial charge in [0.25, 0.3) is 0 Å². The minimum Gasteiger partial charge on any atom is -0.481 e. The quantitative estimate of drug-likeness (QED) is 0.536. The van der Waals surface area contributed by atoms with Crippen LogP contribution in [0.1, 0.15) is 12.8 Å². The fourth-order valence-corrected chi connectivity index (χ4v) is 2.53. The lowest BCUT2D eigenvalue weighted by molar-refractivity contribution is -0.143. The number of nitrogens with zero attached hydrogens (tertiary/aromatic N) is 4. The van der Waals surface area contributed by atoms with Crippen molar-refractivity contribution < 1.29 is 19.8 Å². The first-order valence-electron chi connectivity index (χ1n) is 8.77. The van der Waals surface area contributed by atoms with Crippen molar-refractivity contribution in [2.45, 2.75) is 12.8 Å². The maximum Gasteiger partial charge on any atom is 0.303 e. The summed E-state index contributed by atoms with van der Waals surface area (Å²) in [6, 6.07) is 16.1. The zero-order chi connectivity index (χ0) is 20.6. The zero-order valence-electron chi connectivity index (χ0n) is 15.3. The number of aromatic nitrogens is 4. The molecule has 0 spiro atoms. The Morgan fingerprint density at radius 1 is 0.966 bits per heavy atom.